The van der Waals surface area contributed by atoms with E-state index in [0.717, 1.165) is 4.31 Å². The first-order valence-corrected chi connectivity index (χ1v) is 10.1. The maximum absolute atomic E-state index is 14.6. The normalized spacial score (nSPS) is 23.4. The molecule has 0 amide bonds. The lowest BCUT2D eigenvalue weighted by atomic mass is 9.86. The molecule has 3 unspecified atom stereocenters. The quantitative estimate of drug-likeness (QED) is 0.579. The van der Waals surface area contributed by atoms with Gasteiger partial charge in [-0.05, 0) is 18.6 Å². The van der Waals surface area contributed by atoms with Crippen LogP contribution in [-0.4, -0.2) is 36.6 Å². The van der Waals surface area contributed by atoms with Crippen molar-refractivity contribution < 1.29 is 21.8 Å². The largest absolute Gasteiger partial charge is 0.485 e. The molecule has 1 aromatic heterocycles. The number of aromatic nitrogens is 2. The number of halogens is 4. The Morgan fingerprint density at radius 2 is 2.10 bits per heavy atom. The SMILES string of the molecule is Nc1ncc(CN2c3cccc(F)c3CN(S(=O)C(F)(F)F)CC2C2C=CC2)[nH]1. The second-order valence-electron chi connectivity index (χ2n) is 7.07. The Morgan fingerprint density at radius 3 is 2.69 bits per heavy atom. The van der Waals surface area contributed by atoms with Crippen LogP contribution in [0.2, 0.25) is 0 Å². The molecule has 1 aliphatic carbocycles. The van der Waals surface area contributed by atoms with Crippen LogP contribution in [0.4, 0.5) is 29.2 Å². The molecule has 1 aromatic carbocycles. The van der Waals surface area contributed by atoms with Gasteiger partial charge in [-0.2, -0.15) is 13.2 Å². The topological polar surface area (TPSA) is 78.2 Å². The van der Waals surface area contributed by atoms with Crippen molar-refractivity contribution in [2.24, 2.45) is 5.92 Å². The van der Waals surface area contributed by atoms with E-state index in [0.29, 0.717) is 17.8 Å². The second kappa shape index (κ2) is 7.45. The number of nitrogens with zero attached hydrogens (tertiary/aromatic N) is 3. The average molecular weight is 429 g/mol. The summed E-state index contributed by atoms with van der Waals surface area (Å²) < 4.78 is 67.3. The number of hydrogen-bond acceptors (Lipinski definition) is 4. The third-order valence-corrected chi connectivity index (χ3v) is 6.38. The van der Waals surface area contributed by atoms with Crippen molar-refractivity contribution in [3.05, 3.63) is 53.6 Å². The molecular formula is C18H19F4N5OS. The van der Waals surface area contributed by atoms with Crippen LogP contribution < -0.4 is 10.6 Å². The van der Waals surface area contributed by atoms with Crippen LogP contribution in [-0.2, 0) is 24.1 Å². The van der Waals surface area contributed by atoms with E-state index in [4.69, 9.17) is 5.73 Å². The van der Waals surface area contributed by atoms with Gasteiger partial charge < -0.3 is 15.6 Å². The van der Waals surface area contributed by atoms with E-state index in [1.54, 1.807) is 12.3 Å². The van der Waals surface area contributed by atoms with Crippen LogP contribution in [0.1, 0.15) is 17.7 Å². The highest BCUT2D eigenvalue weighted by Gasteiger charge is 2.45. The van der Waals surface area contributed by atoms with Crippen LogP contribution in [0.25, 0.3) is 0 Å². The standard InChI is InChI=1S/C18H19F4N5OS/c19-14-5-2-6-15-13(14)9-26(29(28)18(20,21)22)10-16(11-3-1-4-11)27(15)8-12-7-24-17(23)25-12/h1-3,5-7,11,16H,4,8-10H2,(H3,23,24,25). The zero-order chi connectivity index (χ0) is 20.8. The van der Waals surface area contributed by atoms with Gasteiger partial charge in [0.1, 0.15) is 5.82 Å². The lowest BCUT2D eigenvalue weighted by Gasteiger charge is -2.39. The van der Waals surface area contributed by atoms with Crippen molar-refractivity contribution in [3.63, 3.8) is 0 Å². The van der Waals surface area contributed by atoms with Crippen LogP contribution >= 0.6 is 0 Å². The average Bonchev–Trinajstić information content (AvgIpc) is 2.94. The Labute approximate surface area is 167 Å². The summed E-state index contributed by atoms with van der Waals surface area (Å²) in [6.45, 7) is -0.274. The lowest BCUT2D eigenvalue weighted by molar-refractivity contribution is -0.0432. The predicted octanol–water partition coefficient (Wildman–Crippen LogP) is 3.08. The number of rotatable bonds is 4. The summed E-state index contributed by atoms with van der Waals surface area (Å²) in [6, 6.07) is 3.96. The van der Waals surface area contributed by atoms with Crippen molar-refractivity contribution in [1.29, 1.82) is 0 Å². The van der Waals surface area contributed by atoms with Gasteiger partial charge in [-0.15, -0.1) is 0 Å². The van der Waals surface area contributed by atoms with Crippen LogP contribution in [0.3, 0.4) is 0 Å². The van der Waals surface area contributed by atoms with Crippen LogP contribution in [0.5, 0.6) is 0 Å². The summed E-state index contributed by atoms with van der Waals surface area (Å²) in [7, 11) is -3.25. The first-order valence-electron chi connectivity index (χ1n) is 8.97. The summed E-state index contributed by atoms with van der Waals surface area (Å²) in [5.41, 5.74) is 1.94. The minimum Gasteiger partial charge on any atom is -0.369 e. The monoisotopic (exact) mass is 429 g/mol. The molecule has 4 rings (SSSR count). The van der Waals surface area contributed by atoms with Gasteiger partial charge in [0.25, 0.3) is 0 Å². The number of allylic oxidation sites excluding steroid dienone is 1. The molecule has 0 saturated carbocycles. The molecule has 2 aliphatic rings. The minimum atomic E-state index is -4.92. The molecule has 6 nitrogen and oxygen atoms in total. The van der Waals surface area contributed by atoms with E-state index in [-0.39, 0.29) is 30.5 Å². The first kappa shape index (κ1) is 19.9. The fraction of sp³-hybridized carbons (Fsp3) is 0.389. The summed E-state index contributed by atoms with van der Waals surface area (Å²) in [4.78, 5) is 8.72. The number of alkyl halides is 3. The van der Waals surface area contributed by atoms with E-state index in [1.165, 1.54) is 12.1 Å². The molecular weight excluding hydrogens is 410 g/mol. The fourth-order valence-corrected chi connectivity index (χ4v) is 4.59. The maximum atomic E-state index is 14.6. The number of fused-ring (bicyclic) bond motifs is 1. The third-order valence-electron chi connectivity index (χ3n) is 5.24. The number of nitrogens with one attached hydrogen (secondary N) is 1. The lowest BCUT2D eigenvalue weighted by Crippen LogP contribution is -2.48. The van der Waals surface area contributed by atoms with Gasteiger partial charge in [0.15, 0.2) is 5.95 Å². The van der Waals surface area contributed by atoms with Gasteiger partial charge in [0, 0.05) is 36.3 Å². The summed E-state index contributed by atoms with van der Waals surface area (Å²) in [5.74, 6) is -0.461. The fourth-order valence-electron chi connectivity index (χ4n) is 3.76. The second-order valence-corrected chi connectivity index (χ2v) is 8.55. The van der Waals surface area contributed by atoms with Crippen molar-refractivity contribution in [2.75, 3.05) is 17.2 Å². The molecule has 0 bridgehead atoms. The minimum absolute atomic E-state index is 0.0442. The molecule has 2 aromatic rings. The van der Waals surface area contributed by atoms with Gasteiger partial charge in [-0.3, -0.25) is 0 Å². The number of aromatic amines is 1. The Bertz CT molecular complexity index is 960. The van der Waals surface area contributed by atoms with Crippen molar-refractivity contribution in [3.8, 4) is 0 Å². The molecule has 0 spiro atoms. The Morgan fingerprint density at radius 1 is 1.34 bits per heavy atom. The highest BCUT2D eigenvalue weighted by molar-refractivity contribution is 7.83. The number of benzene rings is 1. The van der Waals surface area contributed by atoms with Gasteiger partial charge in [-0.1, -0.05) is 18.2 Å². The summed E-state index contributed by atoms with van der Waals surface area (Å²) in [5, 5.41) is 0. The molecule has 0 fully saturated rings. The molecule has 156 valence electrons. The Balaban J connectivity index is 1.79. The van der Waals surface area contributed by atoms with Gasteiger partial charge >= 0.3 is 5.51 Å². The smallest absolute Gasteiger partial charge is 0.369 e. The zero-order valence-corrected chi connectivity index (χ0v) is 16.0. The van der Waals surface area contributed by atoms with Gasteiger partial charge in [0.05, 0.1) is 18.4 Å². The molecule has 11 heteroatoms. The number of imidazole rings is 1. The summed E-state index contributed by atoms with van der Waals surface area (Å²) >= 11 is 0. The number of nitrogen functional groups attached to an aromatic ring is 1. The van der Waals surface area contributed by atoms with Crippen molar-refractivity contribution >= 4 is 22.6 Å². The van der Waals surface area contributed by atoms with E-state index >= 15 is 0 Å². The number of H-pyrrole nitrogens is 1. The zero-order valence-electron chi connectivity index (χ0n) is 15.2. The molecule has 3 atom stereocenters. The maximum Gasteiger partial charge on any atom is 0.485 e. The molecule has 3 N–H and O–H groups in total. The molecule has 1 aliphatic heterocycles. The van der Waals surface area contributed by atoms with Crippen LogP contribution in [0.15, 0.2) is 36.5 Å². The predicted molar refractivity (Wildman–Crippen MR) is 101 cm³/mol. The Hall–Kier alpha value is -2.40. The highest BCUT2D eigenvalue weighted by Crippen LogP contribution is 2.38. The van der Waals surface area contributed by atoms with E-state index in [1.807, 2.05) is 17.1 Å². The number of anilines is 2. The highest BCUT2D eigenvalue weighted by atomic mass is 32.2. The van der Waals surface area contributed by atoms with E-state index in [2.05, 4.69) is 9.97 Å². The molecule has 2 heterocycles. The van der Waals surface area contributed by atoms with Gasteiger partial charge in [-0.25, -0.2) is 17.9 Å². The van der Waals surface area contributed by atoms with E-state index < -0.39 is 34.9 Å². The summed E-state index contributed by atoms with van der Waals surface area (Å²) in [6.07, 6.45) is 6.07. The van der Waals surface area contributed by atoms with Crippen molar-refractivity contribution in [1.82, 2.24) is 14.3 Å². The molecule has 0 saturated heterocycles. The molecule has 29 heavy (non-hydrogen) atoms. The Kier molecular flexibility index (Phi) is 5.11. The third kappa shape index (κ3) is 3.88. The van der Waals surface area contributed by atoms with Gasteiger partial charge in [0.2, 0.25) is 11.0 Å². The van der Waals surface area contributed by atoms with Crippen LogP contribution in [0, 0.1) is 11.7 Å². The van der Waals surface area contributed by atoms with E-state index in [9.17, 15) is 21.8 Å². The number of hydrogen-bond donors (Lipinski definition) is 2. The molecule has 0 radical (unpaired) electrons. The number of nitrogens with two attached hydrogens (primary N) is 1. The first-order chi connectivity index (χ1) is 13.7. The van der Waals surface area contributed by atoms with Crippen molar-refractivity contribution in [2.45, 2.75) is 31.1 Å².